The fourth-order valence-corrected chi connectivity index (χ4v) is 0. The van der Waals surface area contributed by atoms with Gasteiger partial charge in [-0.1, -0.05) is 0 Å². The molecule has 0 aromatic rings. The van der Waals surface area contributed by atoms with Gasteiger partial charge in [-0.15, -0.1) is 0 Å². The molecule has 0 unspecified atom stereocenters. The summed E-state index contributed by atoms with van der Waals surface area (Å²) in [6, 6.07) is 0. The normalized spacial score (nSPS) is 7.25. The van der Waals surface area contributed by atoms with Crippen LogP contribution in [0.15, 0.2) is 0 Å². The van der Waals surface area contributed by atoms with E-state index < -0.39 is 0 Å². The van der Waals surface area contributed by atoms with Crippen LogP contribution < -0.4 is 3.53 Å². The van der Waals surface area contributed by atoms with E-state index in [1.54, 1.807) is 0 Å². The molecular formula is CH5BIN. The molecule has 0 aliphatic rings. The van der Waals surface area contributed by atoms with Crippen LogP contribution in [0.2, 0.25) is 0 Å². The third kappa shape index (κ3) is 2.75. The van der Waals surface area contributed by atoms with Crippen LogP contribution in [0.25, 0.3) is 0 Å². The maximum absolute atomic E-state index is 2.90. The zero-order valence-corrected chi connectivity index (χ0v) is 4.74. The summed E-state index contributed by atoms with van der Waals surface area (Å²) in [5, 5.41) is 0. The first-order valence-electron chi connectivity index (χ1n) is 1.25. The summed E-state index contributed by atoms with van der Waals surface area (Å²) in [7, 11) is 2.06. The van der Waals surface area contributed by atoms with Gasteiger partial charge in [-0.05, 0) is 6.44 Å². The first-order valence-corrected chi connectivity index (χ1v) is 2.33. The molecule has 0 amide bonds. The van der Waals surface area contributed by atoms with E-state index in [9.17, 15) is 0 Å². The molecule has 0 bridgehead atoms. The van der Waals surface area contributed by atoms with E-state index in [-0.39, 0.29) is 0 Å². The molecule has 0 rings (SSSR count). The van der Waals surface area contributed by atoms with E-state index in [4.69, 9.17) is 0 Å². The van der Waals surface area contributed by atoms with Crippen LogP contribution in [0, 0.1) is 0 Å². The number of halogens is 1. The molecule has 0 atom stereocenters. The van der Waals surface area contributed by atoms with E-state index in [0.29, 0.717) is 0 Å². The lowest BCUT2D eigenvalue weighted by atomic mass is 10.2. The van der Waals surface area contributed by atoms with Crippen LogP contribution in [-0.4, -0.2) is 14.3 Å². The predicted octanol–water partition coefficient (Wildman–Crippen LogP) is -0.483. The molecule has 0 heterocycles. The average molecular weight is 169 g/mol. The van der Waals surface area contributed by atoms with Crippen molar-refractivity contribution in [2.75, 3.05) is 6.44 Å². The Labute approximate surface area is 41.1 Å². The van der Waals surface area contributed by atoms with Crippen LogP contribution in [-0.2, 0) is 0 Å². The zero-order chi connectivity index (χ0) is 3.41. The predicted molar refractivity (Wildman–Crippen MR) is 30.6 cm³/mol. The van der Waals surface area contributed by atoms with Gasteiger partial charge in [0.2, 0.25) is 0 Å². The fourth-order valence-electron chi connectivity index (χ4n) is 0. The first-order chi connectivity index (χ1) is 1.91. The summed E-state index contributed by atoms with van der Waals surface area (Å²) in [4.78, 5) is 0. The Hall–Kier alpha value is 0.755. The summed E-state index contributed by atoms with van der Waals surface area (Å²) in [5.74, 6) is 0. The van der Waals surface area contributed by atoms with Crippen molar-refractivity contribution in [3.63, 3.8) is 0 Å². The standard InChI is InChI=1S/CH5BIN/c2-1-4-3/h4H,1-2H2. The lowest BCUT2D eigenvalue weighted by Gasteiger charge is -1.72. The third-order valence-electron chi connectivity index (χ3n) is 0.134. The molecule has 3 heteroatoms. The van der Waals surface area contributed by atoms with Gasteiger partial charge in [0, 0.05) is 22.9 Å². The minimum Gasteiger partial charge on any atom is -0.269 e. The Morgan fingerprint density at radius 1 is 2.00 bits per heavy atom. The molecule has 1 nitrogen and oxygen atoms in total. The molecule has 0 fully saturated rings. The van der Waals surface area contributed by atoms with Crippen LogP contribution in [0.3, 0.4) is 0 Å². The minimum atomic E-state index is 1.06. The fraction of sp³-hybridized carbons (Fsp3) is 1.00. The second kappa shape index (κ2) is 3.75. The van der Waals surface area contributed by atoms with Crippen LogP contribution in [0.4, 0.5) is 0 Å². The highest BCUT2D eigenvalue weighted by atomic mass is 127. The first kappa shape index (κ1) is 4.75. The molecule has 4 heavy (non-hydrogen) atoms. The number of hydrogen-bond donors (Lipinski definition) is 1. The van der Waals surface area contributed by atoms with E-state index in [0.717, 1.165) is 6.44 Å². The highest BCUT2D eigenvalue weighted by Crippen LogP contribution is 1.56. The summed E-state index contributed by atoms with van der Waals surface area (Å²) in [6.45, 7) is 0. The Morgan fingerprint density at radius 2 is 2.25 bits per heavy atom. The molecule has 0 radical (unpaired) electrons. The van der Waals surface area contributed by atoms with Gasteiger partial charge in [-0.2, -0.15) is 0 Å². The highest BCUT2D eigenvalue weighted by molar-refractivity contribution is 14.1. The molecule has 1 N–H and O–H groups in total. The Bertz CT molecular complexity index is 10.0. The van der Waals surface area contributed by atoms with Gasteiger partial charge in [-0.3, -0.25) is 3.53 Å². The lowest BCUT2D eigenvalue weighted by molar-refractivity contribution is 1.29. The number of nitrogens with one attached hydrogen (secondary N) is 1. The van der Waals surface area contributed by atoms with Gasteiger partial charge >= 0.3 is 0 Å². The summed E-state index contributed by atoms with van der Waals surface area (Å²) < 4.78 is 2.90. The topological polar surface area (TPSA) is 12.0 Å². The molecule has 0 aliphatic heterocycles. The second-order valence-corrected chi connectivity index (χ2v) is 1.25. The summed E-state index contributed by atoms with van der Waals surface area (Å²) >= 11 is 2.10. The molecule has 0 aromatic heterocycles. The van der Waals surface area contributed by atoms with Crippen LogP contribution in [0.5, 0.6) is 0 Å². The smallest absolute Gasteiger partial charge is 0.120 e. The molecule has 0 aromatic carbocycles. The van der Waals surface area contributed by atoms with Crippen LogP contribution in [0.1, 0.15) is 0 Å². The Balaban J connectivity index is 1.97. The quantitative estimate of drug-likeness (QED) is 0.317. The maximum atomic E-state index is 2.90. The van der Waals surface area contributed by atoms with E-state index in [2.05, 4.69) is 34.2 Å². The van der Waals surface area contributed by atoms with E-state index in [1.807, 2.05) is 0 Å². The van der Waals surface area contributed by atoms with Gasteiger partial charge in [0.1, 0.15) is 7.85 Å². The van der Waals surface area contributed by atoms with Gasteiger partial charge < -0.3 is 0 Å². The molecule has 0 spiro atoms. The monoisotopic (exact) mass is 169 g/mol. The Morgan fingerprint density at radius 3 is 2.25 bits per heavy atom. The lowest BCUT2D eigenvalue weighted by Crippen LogP contribution is -1.96. The molecule has 0 aliphatic carbocycles. The SMILES string of the molecule is BCNI. The van der Waals surface area contributed by atoms with Gasteiger partial charge in [0.15, 0.2) is 0 Å². The highest BCUT2D eigenvalue weighted by Gasteiger charge is 1.54. The van der Waals surface area contributed by atoms with Crippen molar-refractivity contribution in [1.29, 1.82) is 0 Å². The van der Waals surface area contributed by atoms with Crippen molar-refractivity contribution in [3.05, 3.63) is 0 Å². The van der Waals surface area contributed by atoms with Crippen molar-refractivity contribution >= 4 is 30.7 Å². The summed E-state index contributed by atoms with van der Waals surface area (Å²) in [5.41, 5.74) is 0. The van der Waals surface area contributed by atoms with Gasteiger partial charge in [-0.25, -0.2) is 0 Å². The number of hydrogen-bond acceptors (Lipinski definition) is 1. The van der Waals surface area contributed by atoms with Gasteiger partial charge in [0.05, 0.1) is 0 Å². The van der Waals surface area contributed by atoms with Crippen LogP contribution >= 0.6 is 22.9 Å². The van der Waals surface area contributed by atoms with Crippen molar-refractivity contribution in [2.24, 2.45) is 0 Å². The summed E-state index contributed by atoms with van der Waals surface area (Å²) in [6.07, 6.45) is 1.06. The van der Waals surface area contributed by atoms with E-state index in [1.165, 1.54) is 0 Å². The van der Waals surface area contributed by atoms with E-state index >= 15 is 0 Å². The molecular weight excluding hydrogens is 164 g/mol. The van der Waals surface area contributed by atoms with Gasteiger partial charge in [0.25, 0.3) is 0 Å². The maximum Gasteiger partial charge on any atom is 0.120 e. The van der Waals surface area contributed by atoms with Crippen molar-refractivity contribution in [3.8, 4) is 0 Å². The zero-order valence-electron chi connectivity index (χ0n) is 2.59. The molecule has 24 valence electrons. The molecule has 0 saturated heterocycles. The van der Waals surface area contributed by atoms with Crippen molar-refractivity contribution < 1.29 is 0 Å². The second-order valence-electron chi connectivity index (χ2n) is 0.487. The third-order valence-corrected chi connectivity index (χ3v) is 0.896. The molecule has 0 saturated carbocycles. The Kier molecular flexibility index (Phi) is 4.46. The van der Waals surface area contributed by atoms with Crippen molar-refractivity contribution in [1.82, 2.24) is 3.53 Å². The average Bonchev–Trinajstić information content (AvgIpc) is 1.37. The largest absolute Gasteiger partial charge is 0.269 e. The van der Waals surface area contributed by atoms with Crippen molar-refractivity contribution in [2.45, 2.75) is 0 Å². The number of rotatable bonds is 1. The minimum absolute atomic E-state index is 1.06.